The number of nitrogens with zero attached hydrogens (tertiary/aromatic N) is 4. The average molecular weight is 301 g/mol. The lowest BCUT2D eigenvalue weighted by molar-refractivity contribution is -0.0895. The molecule has 0 aliphatic carbocycles. The van der Waals surface area contributed by atoms with Crippen LogP contribution in [0.3, 0.4) is 0 Å². The zero-order chi connectivity index (χ0) is 15.9. The van der Waals surface area contributed by atoms with Crippen molar-refractivity contribution >= 4 is 17.0 Å². The second kappa shape index (κ2) is 5.06. The van der Waals surface area contributed by atoms with Gasteiger partial charge in [-0.2, -0.15) is 0 Å². The van der Waals surface area contributed by atoms with Crippen molar-refractivity contribution in [2.75, 3.05) is 12.3 Å². The minimum atomic E-state index is -1.50. The Kier molecular flexibility index (Phi) is 3.33. The summed E-state index contributed by atoms with van der Waals surface area (Å²) in [6.45, 7) is 3.18. The summed E-state index contributed by atoms with van der Waals surface area (Å²) in [4.78, 5) is 12.2. The van der Waals surface area contributed by atoms with Gasteiger partial charge in [-0.05, 0) is 0 Å². The molecule has 3 rings (SSSR count). The monoisotopic (exact) mass is 301 g/mol. The fourth-order valence-electron chi connectivity index (χ4n) is 2.67. The Bertz CT molecular complexity index is 767. The second-order valence-corrected chi connectivity index (χ2v) is 5.04. The number of fused-ring (bicyclic) bond motifs is 1. The largest absolute Gasteiger partial charge is 0.392 e. The lowest BCUT2D eigenvalue weighted by atomic mass is 9.91. The highest BCUT2D eigenvalue weighted by Gasteiger charge is 2.53. The smallest absolute Gasteiger partial charge is 0.180 e. The van der Waals surface area contributed by atoms with Crippen LogP contribution in [0.5, 0.6) is 0 Å². The van der Waals surface area contributed by atoms with Crippen molar-refractivity contribution in [2.45, 2.75) is 17.9 Å². The number of nitrogen functional groups attached to an aromatic ring is 1. The number of nitrogens with two attached hydrogens (primary N) is 1. The van der Waals surface area contributed by atoms with E-state index in [1.54, 1.807) is 4.57 Å². The highest BCUT2D eigenvalue weighted by molar-refractivity contribution is 5.81. The molecule has 0 saturated carbocycles. The molecule has 1 aliphatic rings. The zero-order valence-corrected chi connectivity index (χ0v) is 11.6. The zero-order valence-electron chi connectivity index (χ0n) is 11.6. The van der Waals surface area contributed by atoms with Gasteiger partial charge in [0, 0.05) is 0 Å². The number of imidazole rings is 1. The maximum absolute atomic E-state index is 10.4. The van der Waals surface area contributed by atoms with Crippen LogP contribution in [0.4, 0.5) is 5.82 Å². The first kappa shape index (κ1) is 14.5. The van der Waals surface area contributed by atoms with E-state index in [1.165, 1.54) is 18.7 Å². The maximum atomic E-state index is 10.4. The van der Waals surface area contributed by atoms with Crippen LogP contribution in [0.2, 0.25) is 0 Å². The molecule has 2 aromatic heterocycles. The summed E-state index contributed by atoms with van der Waals surface area (Å²) < 4.78 is 7.36. The van der Waals surface area contributed by atoms with Gasteiger partial charge >= 0.3 is 0 Å². The Labute approximate surface area is 126 Å². The van der Waals surface area contributed by atoms with Crippen LogP contribution in [0.15, 0.2) is 25.3 Å². The van der Waals surface area contributed by atoms with Crippen LogP contribution in [-0.2, 0) is 4.74 Å². The van der Waals surface area contributed by atoms with Gasteiger partial charge in [0.1, 0.15) is 24.2 Å². The van der Waals surface area contributed by atoms with Gasteiger partial charge in [0.15, 0.2) is 17.1 Å². The number of aliphatic hydroxyl groups excluding tert-OH is 2. The van der Waals surface area contributed by atoms with Crippen LogP contribution >= 0.6 is 0 Å². The third-order valence-corrected chi connectivity index (χ3v) is 3.92. The average Bonchev–Trinajstić information content (AvgIpc) is 3.07. The molecule has 22 heavy (non-hydrogen) atoms. The van der Waals surface area contributed by atoms with E-state index in [-0.39, 0.29) is 5.82 Å². The molecule has 2 aromatic rings. The number of aromatic nitrogens is 4. The first-order chi connectivity index (χ1) is 10.6. The minimum Gasteiger partial charge on any atom is -0.392 e. The molecule has 1 saturated heterocycles. The molecule has 0 aromatic carbocycles. The van der Waals surface area contributed by atoms with Crippen molar-refractivity contribution in [1.82, 2.24) is 19.5 Å². The van der Waals surface area contributed by atoms with E-state index in [4.69, 9.17) is 16.9 Å². The molecule has 8 heteroatoms. The summed E-state index contributed by atoms with van der Waals surface area (Å²) in [6, 6.07) is 0. The van der Waals surface area contributed by atoms with E-state index in [0.29, 0.717) is 11.2 Å². The molecule has 0 bridgehead atoms. The second-order valence-electron chi connectivity index (χ2n) is 5.04. The van der Waals surface area contributed by atoms with E-state index in [2.05, 4.69) is 27.5 Å². The van der Waals surface area contributed by atoms with Crippen LogP contribution in [0.25, 0.3) is 11.2 Å². The standard InChI is InChI=1S/C14H15N5O3/c1-3-8-10(21)14(4-2,5-20)22-13(8)19-7-18-9-11(15)16-6-17-12(9)19/h2-3,6-8,10,13,20-21H,1,5H2,(H2,15,16,17)/t8-,10-,13-,14+/m0/s1. The van der Waals surface area contributed by atoms with Gasteiger partial charge in [-0.15, -0.1) is 13.0 Å². The summed E-state index contributed by atoms with van der Waals surface area (Å²) in [7, 11) is 0. The quantitative estimate of drug-likeness (QED) is 0.514. The molecule has 1 fully saturated rings. The topological polar surface area (TPSA) is 119 Å². The lowest BCUT2D eigenvalue weighted by Gasteiger charge is -2.23. The predicted molar refractivity (Wildman–Crippen MR) is 78.2 cm³/mol. The first-order valence-electron chi connectivity index (χ1n) is 6.58. The fraction of sp³-hybridized carbons (Fsp3) is 0.357. The van der Waals surface area contributed by atoms with E-state index in [1.807, 2.05) is 0 Å². The third kappa shape index (κ3) is 1.80. The van der Waals surface area contributed by atoms with Gasteiger partial charge in [-0.1, -0.05) is 12.0 Å². The van der Waals surface area contributed by atoms with Gasteiger partial charge in [-0.3, -0.25) is 4.57 Å². The molecular weight excluding hydrogens is 286 g/mol. The molecule has 1 aliphatic heterocycles. The molecule has 0 radical (unpaired) electrons. The number of rotatable bonds is 3. The molecular formula is C14H15N5O3. The summed E-state index contributed by atoms with van der Waals surface area (Å²) in [6.07, 6.45) is 7.93. The molecule has 4 atom stereocenters. The van der Waals surface area contributed by atoms with Crippen molar-refractivity contribution < 1.29 is 14.9 Å². The SMILES string of the molecule is C#C[C@]1(CO)O[C@H](n2cnc3c(N)ncnc32)[C@@H](C=C)[C@@H]1O. The van der Waals surface area contributed by atoms with Gasteiger partial charge in [0.2, 0.25) is 0 Å². The third-order valence-electron chi connectivity index (χ3n) is 3.92. The molecule has 4 N–H and O–H groups in total. The Morgan fingerprint density at radius 3 is 2.95 bits per heavy atom. The molecule has 0 amide bonds. The van der Waals surface area contributed by atoms with E-state index < -0.39 is 30.5 Å². The van der Waals surface area contributed by atoms with E-state index in [0.717, 1.165) is 0 Å². The Balaban J connectivity index is 2.12. The highest BCUT2D eigenvalue weighted by Crippen LogP contribution is 2.42. The molecule has 0 unspecified atom stereocenters. The van der Waals surface area contributed by atoms with Crippen LogP contribution in [0, 0.1) is 18.3 Å². The van der Waals surface area contributed by atoms with Crippen molar-refractivity contribution in [1.29, 1.82) is 0 Å². The molecule has 8 nitrogen and oxygen atoms in total. The van der Waals surface area contributed by atoms with Crippen LogP contribution in [-0.4, -0.2) is 48.0 Å². The molecule has 0 spiro atoms. The normalized spacial score (nSPS) is 31.2. The van der Waals surface area contributed by atoms with Crippen LogP contribution < -0.4 is 5.73 Å². The Hall–Kier alpha value is -2.47. The summed E-state index contributed by atoms with van der Waals surface area (Å²) in [5.74, 6) is 2.03. The lowest BCUT2D eigenvalue weighted by Crippen LogP contribution is -2.43. The maximum Gasteiger partial charge on any atom is 0.180 e. The van der Waals surface area contributed by atoms with Gasteiger partial charge in [0.05, 0.1) is 18.9 Å². The van der Waals surface area contributed by atoms with Crippen molar-refractivity contribution in [3.8, 4) is 12.3 Å². The van der Waals surface area contributed by atoms with E-state index in [9.17, 15) is 10.2 Å². The van der Waals surface area contributed by atoms with Gasteiger partial charge in [-0.25, -0.2) is 15.0 Å². The highest BCUT2D eigenvalue weighted by atomic mass is 16.6. The number of aliphatic hydroxyl groups is 2. The van der Waals surface area contributed by atoms with Crippen LogP contribution in [0.1, 0.15) is 6.23 Å². The van der Waals surface area contributed by atoms with Crippen molar-refractivity contribution in [3.05, 3.63) is 25.3 Å². The summed E-state index contributed by atoms with van der Waals surface area (Å²) in [5.41, 5.74) is 5.13. The molecule has 3 heterocycles. The Morgan fingerprint density at radius 1 is 1.55 bits per heavy atom. The van der Waals surface area contributed by atoms with Gasteiger partial charge in [0.25, 0.3) is 0 Å². The van der Waals surface area contributed by atoms with E-state index >= 15 is 0 Å². The van der Waals surface area contributed by atoms with Crippen molar-refractivity contribution in [3.63, 3.8) is 0 Å². The first-order valence-corrected chi connectivity index (χ1v) is 6.58. The van der Waals surface area contributed by atoms with Gasteiger partial charge < -0.3 is 20.7 Å². The number of terminal acetylenes is 1. The summed E-state index contributed by atoms with van der Waals surface area (Å²) >= 11 is 0. The number of anilines is 1. The molecule has 114 valence electrons. The predicted octanol–water partition coefficient (Wildman–Crippen LogP) is -0.535. The Morgan fingerprint density at radius 2 is 2.32 bits per heavy atom. The number of hydrogen-bond acceptors (Lipinski definition) is 7. The number of ether oxygens (including phenoxy) is 1. The fourth-order valence-corrected chi connectivity index (χ4v) is 2.67. The summed E-state index contributed by atoms with van der Waals surface area (Å²) in [5, 5.41) is 19.9. The minimum absolute atomic E-state index is 0.239. The van der Waals surface area contributed by atoms with Crippen molar-refractivity contribution in [2.24, 2.45) is 5.92 Å². The number of hydrogen-bond donors (Lipinski definition) is 3.